The van der Waals surface area contributed by atoms with Crippen LogP contribution in [0, 0.1) is 25.2 Å². The van der Waals surface area contributed by atoms with Crippen molar-refractivity contribution in [3.05, 3.63) is 62.6 Å². The number of nitrogens with one attached hydrogen (secondary N) is 1. The third-order valence-electron chi connectivity index (χ3n) is 6.01. The number of pyridine rings is 1. The van der Waals surface area contributed by atoms with Gasteiger partial charge >= 0.3 is 0 Å². The number of benzene rings is 1. The molecule has 3 rings (SSSR count). The maximum Gasteiger partial charge on any atom is 0.266 e. The van der Waals surface area contributed by atoms with Gasteiger partial charge < -0.3 is 14.8 Å². The average Bonchev–Trinajstić information content (AvgIpc) is 2.74. The molecule has 6 nitrogen and oxygen atoms in total. The predicted molar refractivity (Wildman–Crippen MR) is 119 cm³/mol. The minimum atomic E-state index is -0.368. The number of carbonyl (C=O) groups is 1. The zero-order valence-corrected chi connectivity index (χ0v) is 18.1. The van der Waals surface area contributed by atoms with Crippen LogP contribution in [0.1, 0.15) is 53.6 Å². The summed E-state index contributed by atoms with van der Waals surface area (Å²) in [6, 6.07) is 10.5. The van der Waals surface area contributed by atoms with Gasteiger partial charge in [0, 0.05) is 44.5 Å². The Morgan fingerprint density at radius 3 is 2.47 bits per heavy atom. The first-order chi connectivity index (χ1) is 14.4. The number of aromatic amines is 1. The van der Waals surface area contributed by atoms with E-state index >= 15 is 0 Å². The number of aromatic nitrogens is 1. The van der Waals surface area contributed by atoms with Crippen LogP contribution in [-0.4, -0.2) is 35.9 Å². The number of nitrogens with zero attached hydrogens (tertiary/aromatic N) is 3. The number of hydrogen-bond acceptors (Lipinski definition) is 4. The van der Waals surface area contributed by atoms with Gasteiger partial charge in [0.05, 0.1) is 0 Å². The first-order valence-electron chi connectivity index (χ1n) is 10.6. The number of carbonyl (C=O) groups excluding carboxylic acids is 1. The number of aryl methyl sites for hydroxylation is 1. The molecule has 1 aromatic carbocycles. The minimum Gasteiger partial charge on any atom is -0.372 e. The van der Waals surface area contributed by atoms with Crippen LogP contribution in [0.5, 0.6) is 0 Å². The second-order valence-corrected chi connectivity index (χ2v) is 8.13. The molecule has 0 spiro atoms. The first kappa shape index (κ1) is 21.6. The molecule has 2 aromatic rings. The van der Waals surface area contributed by atoms with Gasteiger partial charge in [-0.1, -0.05) is 12.1 Å². The maximum atomic E-state index is 12.7. The fourth-order valence-electron chi connectivity index (χ4n) is 4.17. The van der Waals surface area contributed by atoms with Crippen molar-refractivity contribution >= 4 is 11.6 Å². The summed E-state index contributed by atoms with van der Waals surface area (Å²) in [4.78, 5) is 31.4. The van der Waals surface area contributed by atoms with Gasteiger partial charge in [-0.25, -0.2) is 0 Å². The van der Waals surface area contributed by atoms with E-state index < -0.39 is 0 Å². The highest BCUT2D eigenvalue weighted by atomic mass is 16.2. The largest absolute Gasteiger partial charge is 0.372 e. The molecule has 30 heavy (non-hydrogen) atoms. The molecule has 158 valence electrons. The molecule has 1 fully saturated rings. The Hall–Kier alpha value is -3.07. The molecule has 0 radical (unpaired) electrons. The number of anilines is 1. The molecule has 0 bridgehead atoms. The van der Waals surface area contributed by atoms with E-state index in [1.165, 1.54) is 24.9 Å². The highest BCUT2D eigenvalue weighted by Gasteiger charge is 2.16. The first-order valence-corrected chi connectivity index (χ1v) is 10.6. The Balaban J connectivity index is 1.59. The molecule has 0 unspecified atom stereocenters. The number of nitriles is 1. The van der Waals surface area contributed by atoms with E-state index in [1.807, 2.05) is 20.0 Å². The van der Waals surface area contributed by atoms with Crippen molar-refractivity contribution in [1.29, 1.82) is 5.26 Å². The summed E-state index contributed by atoms with van der Waals surface area (Å²) in [6.07, 6.45) is 4.66. The van der Waals surface area contributed by atoms with Crippen molar-refractivity contribution < 1.29 is 4.79 Å². The molecular formula is C24H30N4O2. The highest BCUT2D eigenvalue weighted by molar-refractivity contribution is 5.76. The fraction of sp³-hybridized carbons (Fsp3) is 0.458. The van der Waals surface area contributed by atoms with Gasteiger partial charge in [0.25, 0.3) is 5.56 Å². The molecule has 0 saturated carbocycles. The van der Waals surface area contributed by atoms with Crippen molar-refractivity contribution in [2.24, 2.45) is 0 Å². The zero-order valence-electron chi connectivity index (χ0n) is 18.1. The van der Waals surface area contributed by atoms with E-state index in [-0.39, 0.29) is 17.0 Å². The molecule has 2 heterocycles. The summed E-state index contributed by atoms with van der Waals surface area (Å²) in [5, 5.41) is 9.20. The van der Waals surface area contributed by atoms with Crippen LogP contribution in [0.25, 0.3) is 0 Å². The number of H-pyrrole nitrogens is 1. The van der Waals surface area contributed by atoms with Crippen molar-refractivity contribution in [2.45, 2.75) is 52.5 Å². The molecule has 1 N–H and O–H groups in total. The minimum absolute atomic E-state index is 0.0404. The number of amides is 1. The van der Waals surface area contributed by atoms with Crippen LogP contribution in [0.2, 0.25) is 0 Å². The van der Waals surface area contributed by atoms with Gasteiger partial charge in [0.2, 0.25) is 5.91 Å². The molecule has 1 aliphatic rings. The Kier molecular flexibility index (Phi) is 6.94. The van der Waals surface area contributed by atoms with Crippen LogP contribution in [-0.2, 0) is 17.8 Å². The zero-order chi connectivity index (χ0) is 21.7. The highest BCUT2D eigenvalue weighted by Crippen LogP contribution is 2.21. The van der Waals surface area contributed by atoms with Crippen molar-refractivity contribution in [1.82, 2.24) is 9.88 Å². The van der Waals surface area contributed by atoms with E-state index in [9.17, 15) is 14.9 Å². The van der Waals surface area contributed by atoms with Crippen LogP contribution in [0.3, 0.4) is 0 Å². The summed E-state index contributed by atoms with van der Waals surface area (Å²) >= 11 is 0. The standard InChI is InChI=1S/C24H30N4O2/c1-17-21(18(2)26-24(30)22(17)15-25)11-12-23(29)27(3)16-19-7-9-20(10-8-19)28-13-5-4-6-14-28/h7-10H,4-6,11-14,16H2,1-3H3,(H,26,30). The second-order valence-electron chi connectivity index (χ2n) is 8.13. The van der Waals surface area contributed by atoms with Crippen molar-refractivity contribution in [2.75, 3.05) is 25.0 Å². The molecule has 1 amide bonds. The van der Waals surface area contributed by atoms with Gasteiger partial charge in [-0.2, -0.15) is 5.26 Å². The van der Waals surface area contributed by atoms with Crippen molar-refractivity contribution in [3.8, 4) is 6.07 Å². The maximum absolute atomic E-state index is 12.7. The van der Waals surface area contributed by atoms with Crippen LogP contribution >= 0.6 is 0 Å². The summed E-state index contributed by atoms with van der Waals surface area (Å²) in [7, 11) is 1.81. The van der Waals surface area contributed by atoms with Crippen LogP contribution in [0.4, 0.5) is 5.69 Å². The van der Waals surface area contributed by atoms with Crippen LogP contribution in [0.15, 0.2) is 29.1 Å². The monoisotopic (exact) mass is 406 g/mol. The van der Waals surface area contributed by atoms with Gasteiger partial charge in [0.1, 0.15) is 11.6 Å². The Bertz CT molecular complexity index is 996. The molecule has 6 heteroatoms. The van der Waals surface area contributed by atoms with Gasteiger partial charge in [-0.3, -0.25) is 9.59 Å². The molecule has 1 saturated heterocycles. The Morgan fingerprint density at radius 1 is 1.17 bits per heavy atom. The van der Waals surface area contributed by atoms with E-state index in [0.717, 1.165) is 29.9 Å². The number of piperidine rings is 1. The summed E-state index contributed by atoms with van der Waals surface area (Å²) in [5.74, 6) is 0.0404. The molecule has 1 aromatic heterocycles. The van der Waals surface area contributed by atoms with E-state index in [1.54, 1.807) is 11.8 Å². The van der Waals surface area contributed by atoms with Crippen LogP contribution < -0.4 is 10.5 Å². The lowest BCUT2D eigenvalue weighted by Crippen LogP contribution is -2.29. The summed E-state index contributed by atoms with van der Waals surface area (Å²) < 4.78 is 0. The number of rotatable bonds is 6. The lowest BCUT2D eigenvalue weighted by Gasteiger charge is -2.29. The fourth-order valence-corrected chi connectivity index (χ4v) is 4.17. The molecule has 0 aliphatic carbocycles. The quantitative estimate of drug-likeness (QED) is 0.797. The van der Waals surface area contributed by atoms with Crippen molar-refractivity contribution in [3.63, 3.8) is 0 Å². The topological polar surface area (TPSA) is 80.2 Å². The second kappa shape index (κ2) is 9.62. The summed E-state index contributed by atoms with van der Waals surface area (Å²) in [5.41, 5.74) is 4.39. The molecular weight excluding hydrogens is 376 g/mol. The Morgan fingerprint density at radius 2 is 1.83 bits per heavy atom. The third kappa shape index (κ3) is 4.91. The molecule has 0 atom stereocenters. The van der Waals surface area contributed by atoms with E-state index in [0.29, 0.717) is 24.9 Å². The van der Waals surface area contributed by atoms with Gasteiger partial charge in [0.15, 0.2) is 0 Å². The summed E-state index contributed by atoms with van der Waals surface area (Å²) in [6.45, 7) is 6.38. The van der Waals surface area contributed by atoms with E-state index in [2.05, 4.69) is 34.1 Å². The Labute approximate surface area is 178 Å². The lowest BCUT2D eigenvalue weighted by atomic mass is 9.99. The SMILES string of the molecule is Cc1[nH]c(=O)c(C#N)c(C)c1CCC(=O)N(C)Cc1ccc(N2CCCCC2)cc1. The van der Waals surface area contributed by atoms with Gasteiger partial charge in [-0.05, 0) is 68.4 Å². The lowest BCUT2D eigenvalue weighted by molar-refractivity contribution is -0.130. The smallest absolute Gasteiger partial charge is 0.266 e. The average molecular weight is 407 g/mol. The van der Waals surface area contributed by atoms with Gasteiger partial charge in [-0.15, -0.1) is 0 Å². The molecule has 1 aliphatic heterocycles. The predicted octanol–water partition coefficient (Wildman–Crippen LogP) is 3.44. The number of hydrogen-bond donors (Lipinski definition) is 1. The normalized spacial score (nSPS) is 13.7. The third-order valence-corrected chi connectivity index (χ3v) is 6.01. The van der Waals surface area contributed by atoms with E-state index in [4.69, 9.17) is 0 Å².